The number of para-hydroxylation sites is 1. The van der Waals surface area contributed by atoms with Gasteiger partial charge in [-0.05, 0) is 25.0 Å². The van der Waals surface area contributed by atoms with E-state index in [9.17, 15) is 0 Å². The maximum atomic E-state index is 6.04. The van der Waals surface area contributed by atoms with E-state index in [2.05, 4.69) is 26.6 Å². The topological polar surface area (TPSA) is 47.1 Å². The predicted octanol–water partition coefficient (Wildman–Crippen LogP) is 1.80. The van der Waals surface area contributed by atoms with E-state index in [1.165, 1.54) is 0 Å². The SMILES string of the molecule is N[C@@H]1CCCN(c2nccn2-c2ccccc2)C1. The van der Waals surface area contributed by atoms with E-state index >= 15 is 0 Å². The Bertz CT molecular complexity index is 506. The van der Waals surface area contributed by atoms with E-state index in [1.54, 1.807) is 0 Å². The zero-order chi connectivity index (χ0) is 12.4. The number of piperidine rings is 1. The molecule has 2 aromatic rings. The van der Waals surface area contributed by atoms with Crippen molar-refractivity contribution in [2.24, 2.45) is 5.73 Å². The van der Waals surface area contributed by atoms with E-state index in [0.717, 1.165) is 37.6 Å². The Morgan fingerprint density at radius 2 is 2.06 bits per heavy atom. The highest BCUT2D eigenvalue weighted by Crippen LogP contribution is 2.21. The first-order valence-corrected chi connectivity index (χ1v) is 6.44. The number of nitrogens with two attached hydrogens (primary N) is 1. The molecule has 1 atom stereocenters. The molecule has 3 rings (SSSR count). The summed E-state index contributed by atoms with van der Waals surface area (Å²) < 4.78 is 2.12. The van der Waals surface area contributed by atoms with Gasteiger partial charge in [-0.25, -0.2) is 4.98 Å². The Hall–Kier alpha value is -1.81. The molecule has 1 aliphatic rings. The molecule has 2 heterocycles. The molecule has 0 radical (unpaired) electrons. The number of hydrogen-bond donors (Lipinski definition) is 1. The normalized spacial score (nSPS) is 20.1. The number of imidazole rings is 1. The highest BCUT2D eigenvalue weighted by Gasteiger charge is 2.20. The van der Waals surface area contributed by atoms with Gasteiger partial charge in [0.15, 0.2) is 0 Å². The van der Waals surface area contributed by atoms with E-state index in [0.29, 0.717) is 0 Å². The minimum absolute atomic E-state index is 0.264. The maximum Gasteiger partial charge on any atom is 0.210 e. The Morgan fingerprint density at radius 1 is 1.22 bits per heavy atom. The van der Waals surface area contributed by atoms with Crippen LogP contribution in [-0.2, 0) is 0 Å². The summed E-state index contributed by atoms with van der Waals surface area (Å²) in [4.78, 5) is 6.76. The molecule has 94 valence electrons. The zero-order valence-corrected chi connectivity index (χ0v) is 10.4. The lowest BCUT2D eigenvalue weighted by Gasteiger charge is -2.31. The molecule has 1 aliphatic heterocycles. The Balaban J connectivity index is 1.92. The first-order valence-electron chi connectivity index (χ1n) is 6.44. The van der Waals surface area contributed by atoms with Gasteiger partial charge in [-0.3, -0.25) is 4.57 Å². The number of anilines is 1. The first kappa shape index (κ1) is 11.3. The summed E-state index contributed by atoms with van der Waals surface area (Å²) in [5.41, 5.74) is 7.18. The van der Waals surface area contributed by atoms with Crippen LogP contribution in [0.3, 0.4) is 0 Å². The molecule has 4 heteroatoms. The summed E-state index contributed by atoms with van der Waals surface area (Å²) in [6.07, 6.45) is 6.11. The number of aromatic nitrogens is 2. The van der Waals surface area contributed by atoms with Gasteiger partial charge in [-0.1, -0.05) is 18.2 Å². The van der Waals surface area contributed by atoms with E-state index in [-0.39, 0.29) is 6.04 Å². The van der Waals surface area contributed by atoms with Crippen molar-refractivity contribution in [3.63, 3.8) is 0 Å². The van der Waals surface area contributed by atoms with Crippen molar-refractivity contribution in [2.75, 3.05) is 18.0 Å². The van der Waals surface area contributed by atoms with Crippen LogP contribution in [0.2, 0.25) is 0 Å². The maximum absolute atomic E-state index is 6.04. The lowest BCUT2D eigenvalue weighted by molar-refractivity contribution is 0.498. The minimum Gasteiger partial charge on any atom is -0.340 e. The summed E-state index contributed by atoms with van der Waals surface area (Å²) in [6, 6.07) is 10.6. The quantitative estimate of drug-likeness (QED) is 0.873. The summed E-state index contributed by atoms with van der Waals surface area (Å²) in [5, 5.41) is 0. The van der Waals surface area contributed by atoms with Gasteiger partial charge < -0.3 is 10.6 Å². The fraction of sp³-hybridized carbons (Fsp3) is 0.357. The summed E-state index contributed by atoms with van der Waals surface area (Å²) >= 11 is 0. The van der Waals surface area contributed by atoms with E-state index in [1.807, 2.05) is 30.6 Å². The van der Waals surface area contributed by atoms with Crippen LogP contribution in [0.5, 0.6) is 0 Å². The van der Waals surface area contributed by atoms with Crippen LogP contribution in [-0.4, -0.2) is 28.7 Å². The Kier molecular flexibility index (Phi) is 3.02. The fourth-order valence-corrected chi connectivity index (χ4v) is 2.51. The van der Waals surface area contributed by atoms with E-state index in [4.69, 9.17) is 5.73 Å². The van der Waals surface area contributed by atoms with Gasteiger partial charge in [0.25, 0.3) is 0 Å². The molecule has 1 aromatic heterocycles. The molecule has 1 saturated heterocycles. The van der Waals surface area contributed by atoms with Crippen LogP contribution in [0.25, 0.3) is 5.69 Å². The van der Waals surface area contributed by atoms with Crippen molar-refractivity contribution in [2.45, 2.75) is 18.9 Å². The van der Waals surface area contributed by atoms with Crippen LogP contribution in [0, 0.1) is 0 Å². The standard InChI is InChI=1S/C14H18N4/c15-12-5-4-9-17(11-12)14-16-8-10-18(14)13-6-2-1-3-7-13/h1-3,6-8,10,12H,4-5,9,11,15H2/t12-/m1/s1. The molecule has 1 aromatic carbocycles. The Labute approximate surface area is 107 Å². The van der Waals surface area contributed by atoms with Crippen molar-refractivity contribution >= 4 is 5.95 Å². The minimum atomic E-state index is 0.264. The molecule has 0 unspecified atom stereocenters. The van der Waals surface area contributed by atoms with Crippen molar-refractivity contribution in [1.29, 1.82) is 0 Å². The second-order valence-corrected chi connectivity index (χ2v) is 4.78. The number of benzene rings is 1. The second-order valence-electron chi connectivity index (χ2n) is 4.78. The van der Waals surface area contributed by atoms with Gasteiger partial charge in [0, 0.05) is 37.2 Å². The summed E-state index contributed by atoms with van der Waals surface area (Å²) in [5.74, 6) is 0.997. The lowest BCUT2D eigenvalue weighted by Crippen LogP contribution is -2.43. The largest absolute Gasteiger partial charge is 0.340 e. The molecule has 0 bridgehead atoms. The molecule has 2 N–H and O–H groups in total. The van der Waals surface area contributed by atoms with Gasteiger partial charge in [-0.15, -0.1) is 0 Å². The molecule has 0 spiro atoms. The van der Waals surface area contributed by atoms with Crippen molar-refractivity contribution < 1.29 is 0 Å². The molecular formula is C14H18N4. The predicted molar refractivity (Wildman–Crippen MR) is 73.0 cm³/mol. The van der Waals surface area contributed by atoms with Crippen LogP contribution in [0.15, 0.2) is 42.7 Å². The number of nitrogens with zero attached hydrogens (tertiary/aromatic N) is 3. The van der Waals surface area contributed by atoms with E-state index < -0.39 is 0 Å². The molecular weight excluding hydrogens is 224 g/mol. The van der Waals surface area contributed by atoms with Crippen LogP contribution in [0.1, 0.15) is 12.8 Å². The monoisotopic (exact) mass is 242 g/mol. The molecule has 4 nitrogen and oxygen atoms in total. The third-order valence-electron chi connectivity index (χ3n) is 3.40. The molecule has 0 amide bonds. The van der Waals surface area contributed by atoms with Gasteiger partial charge in [-0.2, -0.15) is 0 Å². The van der Waals surface area contributed by atoms with Crippen molar-refractivity contribution in [3.05, 3.63) is 42.7 Å². The van der Waals surface area contributed by atoms with Gasteiger partial charge >= 0.3 is 0 Å². The number of rotatable bonds is 2. The zero-order valence-electron chi connectivity index (χ0n) is 10.4. The second kappa shape index (κ2) is 4.82. The van der Waals surface area contributed by atoms with Crippen molar-refractivity contribution in [1.82, 2.24) is 9.55 Å². The first-order chi connectivity index (χ1) is 8.84. The Morgan fingerprint density at radius 3 is 2.83 bits per heavy atom. The number of hydrogen-bond acceptors (Lipinski definition) is 3. The van der Waals surface area contributed by atoms with Gasteiger partial charge in [0.2, 0.25) is 5.95 Å². The average molecular weight is 242 g/mol. The smallest absolute Gasteiger partial charge is 0.210 e. The average Bonchev–Trinajstić information content (AvgIpc) is 2.89. The van der Waals surface area contributed by atoms with Crippen LogP contribution >= 0.6 is 0 Å². The molecule has 0 saturated carbocycles. The third kappa shape index (κ3) is 2.11. The van der Waals surface area contributed by atoms with Crippen LogP contribution < -0.4 is 10.6 Å². The summed E-state index contributed by atoms with van der Waals surface area (Å²) in [6.45, 7) is 1.93. The fourth-order valence-electron chi connectivity index (χ4n) is 2.51. The lowest BCUT2D eigenvalue weighted by atomic mass is 10.1. The van der Waals surface area contributed by atoms with Gasteiger partial charge in [0.1, 0.15) is 0 Å². The van der Waals surface area contributed by atoms with Crippen LogP contribution in [0.4, 0.5) is 5.95 Å². The summed E-state index contributed by atoms with van der Waals surface area (Å²) in [7, 11) is 0. The van der Waals surface area contributed by atoms with Crippen molar-refractivity contribution in [3.8, 4) is 5.69 Å². The molecule has 0 aliphatic carbocycles. The highest BCUT2D eigenvalue weighted by atomic mass is 15.3. The molecule has 1 fully saturated rings. The molecule has 18 heavy (non-hydrogen) atoms. The highest BCUT2D eigenvalue weighted by molar-refractivity contribution is 5.43. The van der Waals surface area contributed by atoms with Gasteiger partial charge in [0.05, 0.1) is 0 Å². The third-order valence-corrected chi connectivity index (χ3v) is 3.40.